The highest BCUT2D eigenvalue weighted by molar-refractivity contribution is 7.99. The number of thioether (sulfide) groups is 1. The van der Waals surface area contributed by atoms with Crippen LogP contribution in [0.1, 0.15) is 25.3 Å². The lowest BCUT2D eigenvalue weighted by molar-refractivity contribution is -0.113. The number of methoxy groups -OCH3 is 1. The summed E-state index contributed by atoms with van der Waals surface area (Å²) in [5, 5.41) is 12.7. The maximum Gasteiger partial charge on any atom is 0.267 e. The minimum Gasteiger partial charge on any atom is -0.497 e. The molecule has 36 heavy (non-hydrogen) atoms. The van der Waals surface area contributed by atoms with Crippen LogP contribution in [0.15, 0.2) is 82.7 Å². The number of amides is 1. The number of carbonyl (C=O) groups excluding carboxylic acids is 1. The van der Waals surface area contributed by atoms with Gasteiger partial charge in [0.1, 0.15) is 5.75 Å². The van der Waals surface area contributed by atoms with Gasteiger partial charge in [0.15, 0.2) is 5.16 Å². The molecule has 0 atom stereocenters. The lowest BCUT2D eigenvalue weighted by atomic mass is 10.0. The van der Waals surface area contributed by atoms with E-state index >= 15 is 0 Å². The molecule has 0 aliphatic carbocycles. The first-order chi connectivity index (χ1) is 17.5. The second-order valence-corrected chi connectivity index (χ2v) is 9.50. The van der Waals surface area contributed by atoms with Crippen LogP contribution in [-0.2, 0) is 4.79 Å². The minimum atomic E-state index is -0.210. The van der Waals surface area contributed by atoms with Gasteiger partial charge < -0.3 is 10.1 Å². The van der Waals surface area contributed by atoms with Crippen molar-refractivity contribution in [2.24, 2.45) is 0 Å². The third-order valence-corrected chi connectivity index (χ3v) is 6.82. The highest BCUT2D eigenvalue weighted by Crippen LogP contribution is 2.26. The highest BCUT2D eigenvalue weighted by Gasteiger charge is 2.19. The van der Waals surface area contributed by atoms with Crippen LogP contribution in [0.3, 0.4) is 0 Å². The number of benzene rings is 3. The van der Waals surface area contributed by atoms with Gasteiger partial charge in [-0.15, -0.1) is 10.2 Å². The average Bonchev–Trinajstić information content (AvgIpc) is 3.31. The molecule has 5 aromatic rings. The van der Waals surface area contributed by atoms with Crippen molar-refractivity contribution in [2.45, 2.75) is 24.9 Å². The first kappa shape index (κ1) is 23.6. The molecule has 0 radical (unpaired) electrons. The number of rotatable bonds is 7. The molecular weight excluding hydrogens is 474 g/mol. The monoisotopic (exact) mass is 499 g/mol. The van der Waals surface area contributed by atoms with E-state index in [2.05, 4.69) is 29.4 Å². The van der Waals surface area contributed by atoms with Gasteiger partial charge in [0.05, 0.1) is 29.5 Å². The van der Waals surface area contributed by atoms with Gasteiger partial charge >= 0.3 is 0 Å². The number of carbonyl (C=O) groups is 1. The Labute approximate surface area is 211 Å². The van der Waals surface area contributed by atoms with Gasteiger partial charge in [0.25, 0.3) is 5.56 Å². The van der Waals surface area contributed by atoms with E-state index in [1.807, 2.05) is 65.1 Å². The fourth-order valence-electron chi connectivity index (χ4n) is 4.19. The molecule has 182 valence electrons. The Morgan fingerprint density at radius 1 is 1.03 bits per heavy atom. The molecule has 9 heteroatoms. The zero-order valence-corrected chi connectivity index (χ0v) is 21.0. The lowest BCUT2D eigenvalue weighted by Crippen LogP contribution is -2.22. The summed E-state index contributed by atoms with van der Waals surface area (Å²) in [6.07, 6.45) is 0. The van der Waals surface area contributed by atoms with Crippen molar-refractivity contribution < 1.29 is 9.53 Å². The summed E-state index contributed by atoms with van der Waals surface area (Å²) in [6.45, 7) is 4.18. The predicted octanol–water partition coefficient (Wildman–Crippen LogP) is 4.90. The second-order valence-electron chi connectivity index (χ2n) is 8.56. The number of nitrogens with zero attached hydrogens (tertiary/aromatic N) is 4. The topological polar surface area (TPSA) is 90.5 Å². The molecule has 0 bridgehead atoms. The van der Waals surface area contributed by atoms with Gasteiger partial charge in [-0.05, 0) is 41.8 Å². The molecule has 8 nitrogen and oxygen atoms in total. The third kappa shape index (κ3) is 4.33. The molecule has 2 aromatic heterocycles. The van der Waals surface area contributed by atoms with Crippen LogP contribution in [0.5, 0.6) is 5.75 Å². The standard InChI is InChI=1S/C27H25N5O3S/c1-17(2)20-11-4-6-13-22(20)28-24(33)16-36-27-30-29-26-31(18-9-8-10-19(15-18)35-3)25(34)21-12-5-7-14-23(21)32(26)27/h4-15,17H,16H2,1-3H3,(H,28,33). The fraction of sp³-hybridized carbons (Fsp3) is 0.185. The Kier molecular flexibility index (Phi) is 6.47. The summed E-state index contributed by atoms with van der Waals surface area (Å²) in [5.74, 6) is 1.27. The van der Waals surface area contributed by atoms with Crippen LogP contribution in [0.4, 0.5) is 5.69 Å². The van der Waals surface area contributed by atoms with Gasteiger partial charge in [-0.1, -0.05) is 62.0 Å². The number of aromatic nitrogens is 4. The molecule has 1 amide bonds. The SMILES string of the molecule is COc1cccc(-n2c(=O)c3ccccc3n3c(SCC(=O)Nc4ccccc4C(C)C)nnc23)c1. The van der Waals surface area contributed by atoms with Crippen molar-refractivity contribution in [3.05, 3.63) is 88.7 Å². The summed E-state index contributed by atoms with van der Waals surface area (Å²) < 4.78 is 8.68. The molecule has 0 saturated heterocycles. The first-order valence-corrected chi connectivity index (χ1v) is 12.5. The zero-order chi connectivity index (χ0) is 25.2. The second kappa shape index (κ2) is 9.87. The van der Waals surface area contributed by atoms with E-state index in [9.17, 15) is 9.59 Å². The van der Waals surface area contributed by atoms with Crippen LogP contribution in [0, 0.1) is 0 Å². The summed E-state index contributed by atoms with van der Waals surface area (Å²) >= 11 is 1.27. The fourth-order valence-corrected chi connectivity index (χ4v) is 4.93. The van der Waals surface area contributed by atoms with E-state index in [0.717, 1.165) is 11.3 Å². The lowest BCUT2D eigenvalue weighted by Gasteiger charge is -2.13. The molecule has 0 saturated carbocycles. The quantitative estimate of drug-likeness (QED) is 0.321. The number of para-hydroxylation sites is 2. The van der Waals surface area contributed by atoms with E-state index < -0.39 is 0 Å². The Bertz CT molecular complexity index is 1640. The summed E-state index contributed by atoms with van der Waals surface area (Å²) in [6, 6.07) is 22.3. The first-order valence-electron chi connectivity index (χ1n) is 11.5. The Morgan fingerprint density at radius 2 is 1.81 bits per heavy atom. The number of ether oxygens (including phenoxy) is 1. The highest BCUT2D eigenvalue weighted by atomic mass is 32.2. The Hall–Kier alpha value is -4.11. The van der Waals surface area contributed by atoms with Crippen LogP contribution in [0.25, 0.3) is 22.4 Å². The number of fused-ring (bicyclic) bond motifs is 3. The molecule has 2 heterocycles. The molecule has 0 aliphatic rings. The molecule has 0 aliphatic heterocycles. The number of nitrogens with one attached hydrogen (secondary N) is 1. The predicted molar refractivity (Wildman–Crippen MR) is 143 cm³/mol. The van der Waals surface area contributed by atoms with Gasteiger partial charge in [-0.25, -0.2) is 4.57 Å². The molecule has 0 spiro atoms. The van der Waals surface area contributed by atoms with E-state index in [1.54, 1.807) is 19.2 Å². The smallest absolute Gasteiger partial charge is 0.267 e. The summed E-state index contributed by atoms with van der Waals surface area (Å²) in [7, 11) is 1.58. The van der Waals surface area contributed by atoms with E-state index in [4.69, 9.17) is 4.74 Å². The Morgan fingerprint density at radius 3 is 2.61 bits per heavy atom. The van der Waals surface area contributed by atoms with Gasteiger partial charge in [0, 0.05) is 11.8 Å². The van der Waals surface area contributed by atoms with Crippen molar-refractivity contribution >= 4 is 40.0 Å². The molecular formula is C27H25N5O3S. The van der Waals surface area contributed by atoms with Crippen molar-refractivity contribution in [1.82, 2.24) is 19.2 Å². The van der Waals surface area contributed by atoms with Gasteiger partial charge in [0.2, 0.25) is 11.7 Å². The van der Waals surface area contributed by atoms with Crippen LogP contribution >= 0.6 is 11.8 Å². The van der Waals surface area contributed by atoms with E-state index in [0.29, 0.717) is 33.3 Å². The summed E-state index contributed by atoms with van der Waals surface area (Å²) in [4.78, 5) is 26.3. The van der Waals surface area contributed by atoms with E-state index in [-0.39, 0.29) is 23.1 Å². The van der Waals surface area contributed by atoms with Crippen LogP contribution in [0.2, 0.25) is 0 Å². The van der Waals surface area contributed by atoms with Gasteiger partial charge in [-0.3, -0.25) is 14.0 Å². The Balaban J connectivity index is 1.53. The summed E-state index contributed by atoms with van der Waals surface area (Å²) in [5.41, 5.74) is 2.97. The molecule has 0 fully saturated rings. The van der Waals surface area contributed by atoms with Gasteiger partial charge in [-0.2, -0.15) is 0 Å². The maximum atomic E-state index is 13.5. The number of anilines is 1. The molecule has 0 unspecified atom stereocenters. The van der Waals surface area contributed by atoms with Crippen molar-refractivity contribution in [3.8, 4) is 11.4 Å². The average molecular weight is 500 g/mol. The minimum absolute atomic E-state index is 0.139. The third-order valence-electron chi connectivity index (χ3n) is 5.90. The number of hydrogen-bond donors (Lipinski definition) is 1. The van der Waals surface area contributed by atoms with Crippen molar-refractivity contribution in [1.29, 1.82) is 0 Å². The number of hydrogen-bond acceptors (Lipinski definition) is 6. The van der Waals surface area contributed by atoms with E-state index in [1.165, 1.54) is 16.3 Å². The van der Waals surface area contributed by atoms with Crippen LogP contribution < -0.4 is 15.6 Å². The largest absolute Gasteiger partial charge is 0.497 e. The van der Waals surface area contributed by atoms with Crippen molar-refractivity contribution in [3.63, 3.8) is 0 Å². The zero-order valence-electron chi connectivity index (χ0n) is 20.1. The normalized spacial score (nSPS) is 11.3. The molecule has 5 rings (SSSR count). The molecule has 3 aromatic carbocycles. The maximum absolute atomic E-state index is 13.5. The van der Waals surface area contributed by atoms with Crippen molar-refractivity contribution in [2.75, 3.05) is 18.2 Å². The molecule has 1 N–H and O–H groups in total. The van der Waals surface area contributed by atoms with Crippen LogP contribution in [-0.4, -0.2) is 37.9 Å².